The van der Waals surface area contributed by atoms with Crippen molar-refractivity contribution in [2.75, 3.05) is 20.6 Å². The predicted octanol–water partition coefficient (Wildman–Crippen LogP) is 2.36. The molecule has 0 bridgehead atoms. The van der Waals surface area contributed by atoms with Crippen molar-refractivity contribution in [3.05, 3.63) is 71.0 Å². The molecular formula is C21H26FN3O2. The Balaban J connectivity index is 1.81. The van der Waals surface area contributed by atoms with Crippen molar-refractivity contribution in [1.82, 2.24) is 15.5 Å². The standard InChI is InChI=1S/C21H26FN3O2/c1-15(20(26)24-13-12-16-6-10-19(22)11-7-16)25(3)14-17-4-8-18(9-5-17)21(27)23-2/h4-11,15H,12-14H2,1-3H3,(H,23,27)(H,24,26)/t15-/m1/s1. The Bertz CT molecular complexity index is 760. The van der Waals surface area contributed by atoms with Gasteiger partial charge in [-0.1, -0.05) is 24.3 Å². The topological polar surface area (TPSA) is 61.4 Å². The summed E-state index contributed by atoms with van der Waals surface area (Å²) in [6, 6.07) is 13.3. The molecule has 0 aliphatic rings. The minimum atomic E-state index is -0.295. The zero-order valence-electron chi connectivity index (χ0n) is 16.0. The summed E-state index contributed by atoms with van der Waals surface area (Å²) >= 11 is 0. The molecule has 0 spiro atoms. The Kier molecular flexibility index (Phi) is 7.49. The molecule has 0 heterocycles. The van der Waals surface area contributed by atoms with Crippen LogP contribution >= 0.6 is 0 Å². The predicted molar refractivity (Wildman–Crippen MR) is 104 cm³/mol. The minimum absolute atomic E-state index is 0.0541. The van der Waals surface area contributed by atoms with E-state index < -0.39 is 0 Å². The van der Waals surface area contributed by atoms with Crippen LogP contribution in [0.2, 0.25) is 0 Å². The first kappa shape index (κ1) is 20.6. The fourth-order valence-electron chi connectivity index (χ4n) is 2.66. The largest absolute Gasteiger partial charge is 0.355 e. The molecule has 6 heteroatoms. The first-order chi connectivity index (χ1) is 12.9. The number of nitrogens with one attached hydrogen (secondary N) is 2. The first-order valence-electron chi connectivity index (χ1n) is 8.94. The molecule has 0 saturated carbocycles. The lowest BCUT2D eigenvalue weighted by atomic mass is 10.1. The van der Waals surface area contributed by atoms with E-state index in [0.717, 1.165) is 11.1 Å². The van der Waals surface area contributed by atoms with Crippen LogP contribution in [0.4, 0.5) is 4.39 Å². The maximum atomic E-state index is 12.9. The van der Waals surface area contributed by atoms with Gasteiger partial charge >= 0.3 is 0 Å². The van der Waals surface area contributed by atoms with Gasteiger partial charge < -0.3 is 10.6 Å². The van der Waals surface area contributed by atoms with Gasteiger partial charge in [-0.2, -0.15) is 0 Å². The highest BCUT2D eigenvalue weighted by Crippen LogP contribution is 2.09. The van der Waals surface area contributed by atoms with Gasteiger partial charge in [-0.25, -0.2) is 4.39 Å². The summed E-state index contributed by atoms with van der Waals surface area (Å²) in [6.45, 7) is 2.95. The Hall–Kier alpha value is -2.73. The second-order valence-corrected chi connectivity index (χ2v) is 6.53. The average Bonchev–Trinajstić information content (AvgIpc) is 2.68. The average molecular weight is 371 g/mol. The molecule has 5 nitrogen and oxygen atoms in total. The lowest BCUT2D eigenvalue weighted by Gasteiger charge is -2.24. The highest BCUT2D eigenvalue weighted by molar-refractivity contribution is 5.93. The zero-order valence-corrected chi connectivity index (χ0v) is 16.0. The summed E-state index contributed by atoms with van der Waals surface area (Å²) in [4.78, 5) is 25.9. The number of hydrogen-bond acceptors (Lipinski definition) is 3. The van der Waals surface area contributed by atoms with Gasteiger partial charge in [0.1, 0.15) is 5.82 Å². The fourth-order valence-corrected chi connectivity index (χ4v) is 2.66. The number of carbonyl (C=O) groups excluding carboxylic acids is 2. The van der Waals surface area contributed by atoms with Gasteiger partial charge in [0.15, 0.2) is 0 Å². The van der Waals surface area contributed by atoms with E-state index in [1.54, 1.807) is 31.3 Å². The summed E-state index contributed by atoms with van der Waals surface area (Å²) in [5.41, 5.74) is 2.61. The van der Waals surface area contributed by atoms with E-state index in [-0.39, 0.29) is 23.7 Å². The molecule has 2 aromatic rings. The van der Waals surface area contributed by atoms with Crippen molar-refractivity contribution < 1.29 is 14.0 Å². The number of amides is 2. The van der Waals surface area contributed by atoms with E-state index in [0.29, 0.717) is 25.1 Å². The third-order valence-corrected chi connectivity index (χ3v) is 4.54. The Morgan fingerprint density at radius 1 is 1.04 bits per heavy atom. The summed E-state index contributed by atoms with van der Waals surface area (Å²) in [5.74, 6) is -0.438. The molecule has 0 aliphatic heterocycles. The minimum Gasteiger partial charge on any atom is -0.355 e. The first-order valence-corrected chi connectivity index (χ1v) is 8.94. The molecule has 2 rings (SSSR count). The number of halogens is 1. The second-order valence-electron chi connectivity index (χ2n) is 6.53. The van der Waals surface area contributed by atoms with Crippen molar-refractivity contribution in [2.45, 2.75) is 25.9 Å². The smallest absolute Gasteiger partial charge is 0.251 e. The number of nitrogens with zero attached hydrogens (tertiary/aromatic N) is 1. The third kappa shape index (κ3) is 6.18. The molecule has 0 aliphatic carbocycles. The summed E-state index contributed by atoms with van der Waals surface area (Å²) in [5, 5.41) is 5.50. The normalized spacial score (nSPS) is 11.9. The van der Waals surface area contributed by atoms with Gasteiger partial charge in [0, 0.05) is 25.7 Å². The van der Waals surface area contributed by atoms with E-state index in [9.17, 15) is 14.0 Å². The molecule has 0 radical (unpaired) electrons. The van der Waals surface area contributed by atoms with Gasteiger partial charge in [-0.15, -0.1) is 0 Å². The number of hydrogen-bond donors (Lipinski definition) is 2. The maximum Gasteiger partial charge on any atom is 0.251 e. The SMILES string of the molecule is CNC(=O)c1ccc(CN(C)[C@H](C)C(=O)NCCc2ccc(F)cc2)cc1. The van der Waals surface area contributed by atoms with Crippen molar-refractivity contribution >= 4 is 11.8 Å². The molecule has 2 aromatic carbocycles. The van der Waals surface area contributed by atoms with Gasteiger partial charge in [0.25, 0.3) is 5.91 Å². The van der Waals surface area contributed by atoms with E-state index in [4.69, 9.17) is 0 Å². The Morgan fingerprint density at radius 2 is 1.63 bits per heavy atom. The van der Waals surface area contributed by atoms with Gasteiger partial charge in [-0.05, 0) is 55.8 Å². The zero-order chi connectivity index (χ0) is 19.8. The fraction of sp³-hybridized carbons (Fsp3) is 0.333. The molecule has 0 aromatic heterocycles. The van der Waals surface area contributed by atoms with Crippen molar-refractivity contribution in [2.24, 2.45) is 0 Å². The molecule has 0 fully saturated rings. The Labute approximate surface area is 159 Å². The second kappa shape index (κ2) is 9.83. The van der Waals surface area contributed by atoms with Crippen molar-refractivity contribution in [3.8, 4) is 0 Å². The molecule has 0 unspecified atom stereocenters. The number of rotatable bonds is 8. The van der Waals surface area contributed by atoms with Gasteiger partial charge in [0.05, 0.1) is 6.04 Å². The number of likely N-dealkylation sites (N-methyl/N-ethyl adjacent to an activating group) is 1. The van der Waals surface area contributed by atoms with Gasteiger partial charge in [0.2, 0.25) is 5.91 Å². The van der Waals surface area contributed by atoms with Crippen LogP contribution in [-0.2, 0) is 17.8 Å². The van der Waals surface area contributed by atoms with Crippen LogP contribution in [0.5, 0.6) is 0 Å². The monoisotopic (exact) mass is 371 g/mol. The lowest BCUT2D eigenvalue weighted by molar-refractivity contribution is -0.125. The number of carbonyl (C=O) groups is 2. The molecule has 2 N–H and O–H groups in total. The molecular weight excluding hydrogens is 345 g/mol. The van der Waals surface area contributed by atoms with Crippen LogP contribution in [0.1, 0.15) is 28.4 Å². The third-order valence-electron chi connectivity index (χ3n) is 4.54. The van der Waals surface area contributed by atoms with Crippen molar-refractivity contribution in [1.29, 1.82) is 0 Å². The van der Waals surface area contributed by atoms with E-state index in [1.165, 1.54) is 12.1 Å². The summed E-state index contributed by atoms with van der Waals surface area (Å²) < 4.78 is 12.9. The maximum absolute atomic E-state index is 12.9. The van der Waals surface area contributed by atoms with Crippen LogP contribution in [0.3, 0.4) is 0 Å². The quantitative estimate of drug-likeness (QED) is 0.749. The lowest BCUT2D eigenvalue weighted by Crippen LogP contribution is -2.43. The molecule has 1 atom stereocenters. The van der Waals surface area contributed by atoms with Gasteiger partial charge in [-0.3, -0.25) is 14.5 Å². The summed E-state index contributed by atoms with van der Waals surface area (Å²) in [7, 11) is 3.48. The van der Waals surface area contributed by atoms with Crippen LogP contribution in [0.25, 0.3) is 0 Å². The van der Waals surface area contributed by atoms with E-state index in [1.807, 2.05) is 31.0 Å². The van der Waals surface area contributed by atoms with Crippen LogP contribution in [0.15, 0.2) is 48.5 Å². The molecule has 27 heavy (non-hydrogen) atoms. The van der Waals surface area contributed by atoms with Crippen LogP contribution in [0, 0.1) is 5.82 Å². The Morgan fingerprint density at radius 3 is 2.22 bits per heavy atom. The molecule has 144 valence electrons. The molecule has 2 amide bonds. The van der Waals surface area contributed by atoms with Crippen LogP contribution < -0.4 is 10.6 Å². The van der Waals surface area contributed by atoms with E-state index in [2.05, 4.69) is 10.6 Å². The van der Waals surface area contributed by atoms with Crippen molar-refractivity contribution in [3.63, 3.8) is 0 Å². The summed E-state index contributed by atoms with van der Waals surface area (Å²) in [6.07, 6.45) is 0.656. The van der Waals surface area contributed by atoms with Crippen LogP contribution in [-0.4, -0.2) is 43.4 Å². The van der Waals surface area contributed by atoms with E-state index >= 15 is 0 Å². The highest BCUT2D eigenvalue weighted by Gasteiger charge is 2.17. The number of benzene rings is 2. The highest BCUT2D eigenvalue weighted by atomic mass is 19.1. The molecule has 0 saturated heterocycles.